The van der Waals surface area contributed by atoms with Gasteiger partial charge in [-0.05, 0) is 62.7 Å². The smallest absolute Gasteiger partial charge is 0.332 e. The van der Waals surface area contributed by atoms with Gasteiger partial charge < -0.3 is 11.1 Å². The molecule has 7 nitrogen and oxygen atoms in total. The SMILES string of the molecule is CCCn1c(N)c(NC(=O)C23CC4CC(CC2C4)C3)c(=O)n(CCC)c1=O. The zero-order valence-corrected chi connectivity index (χ0v) is 16.3. The number of carbonyl (C=O) groups excluding carboxylic acids is 1. The molecule has 4 saturated carbocycles. The van der Waals surface area contributed by atoms with E-state index in [0.29, 0.717) is 37.3 Å². The maximum Gasteiger partial charge on any atom is 0.332 e. The van der Waals surface area contributed by atoms with Crippen LogP contribution in [0.15, 0.2) is 9.59 Å². The quantitative estimate of drug-likeness (QED) is 0.797. The van der Waals surface area contributed by atoms with E-state index in [9.17, 15) is 14.4 Å². The summed E-state index contributed by atoms with van der Waals surface area (Å²) in [6.07, 6.45) is 6.75. The summed E-state index contributed by atoms with van der Waals surface area (Å²) in [5.41, 5.74) is 5.07. The van der Waals surface area contributed by atoms with Crippen molar-refractivity contribution >= 4 is 17.4 Å². The van der Waals surface area contributed by atoms with Crippen LogP contribution in [0.2, 0.25) is 0 Å². The Morgan fingerprint density at radius 2 is 1.67 bits per heavy atom. The summed E-state index contributed by atoms with van der Waals surface area (Å²) in [5.74, 6) is 1.75. The van der Waals surface area contributed by atoms with Gasteiger partial charge in [0, 0.05) is 13.1 Å². The average Bonchev–Trinajstić information content (AvgIpc) is 3.04. The molecule has 1 aromatic rings. The molecule has 7 heteroatoms. The first-order valence-corrected chi connectivity index (χ1v) is 10.4. The number of carbonyl (C=O) groups is 1. The molecule has 4 fully saturated rings. The molecule has 5 rings (SSSR count). The van der Waals surface area contributed by atoms with Gasteiger partial charge in [-0.2, -0.15) is 0 Å². The fourth-order valence-corrected chi connectivity index (χ4v) is 6.10. The number of nitrogen functional groups attached to an aromatic ring is 1. The first-order chi connectivity index (χ1) is 12.9. The fraction of sp³-hybridized carbons (Fsp3) is 0.750. The fourth-order valence-electron chi connectivity index (χ4n) is 6.10. The molecule has 4 bridgehead atoms. The molecule has 4 aliphatic rings. The van der Waals surface area contributed by atoms with Gasteiger partial charge in [-0.1, -0.05) is 13.8 Å². The van der Waals surface area contributed by atoms with Gasteiger partial charge in [-0.25, -0.2) is 4.79 Å². The number of hydrogen-bond acceptors (Lipinski definition) is 4. The van der Waals surface area contributed by atoms with E-state index in [-0.39, 0.29) is 22.8 Å². The van der Waals surface area contributed by atoms with E-state index in [2.05, 4.69) is 5.32 Å². The molecule has 0 radical (unpaired) electrons. The molecule has 1 aromatic heterocycles. The lowest BCUT2D eigenvalue weighted by molar-refractivity contribution is -0.127. The minimum atomic E-state index is -0.478. The summed E-state index contributed by atoms with van der Waals surface area (Å²) < 4.78 is 2.63. The Hall–Kier alpha value is -2.05. The number of rotatable bonds is 6. The second-order valence-electron chi connectivity index (χ2n) is 8.81. The number of nitrogens with zero attached hydrogens (tertiary/aromatic N) is 2. The third kappa shape index (κ3) is 2.65. The topological polar surface area (TPSA) is 99.1 Å². The van der Waals surface area contributed by atoms with Crippen molar-refractivity contribution < 1.29 is 4.79 Å². The lowest BCUT2D eigenvalue weighted by Gasteiger charge is -2.31. The summed E-state index contributed by atoms with van der Waals surface area (Å²) in [6.45, 7) is 4.61. The van der Waals surface area contributed by atoms with Crippen LogP contribution in [0.5, 0.6) is 0 Å². The zero-order valence-electron chi connectivity index (χ0n) is 16.3. The molecule has 0 aromatic carbocycles. The highest BCUT2D eigenvalue weighted by molar-refractivity contribution is 5.98. The van der Waals surface area contributed by atoms with Crippen LogP contribution < -0.4 is 22.3 Å². The first-order valence-electron chi connectivity index (χ1n) is 10.4. The van der Waals surface area contributed by atoms with E-state index < -0.39 is 11.2 Å². The van der Waals surface area contributed by atoms with E-state index in [1.807, 2.05) is 13.8 Å². The Labute approximate surface area is 158 Å². The summed E-state index contributed by atoms with van der Waals surface area (Å²) in [5, 5.41) is 2.89. The van der Waals surface area contributed by atoms with Crippen LogP contribution in [0.1, 0.15) is 58.8 Å². The number of aromatic nitrogens is 2. The minimum Gasteiger partial charge on any atom is -0.383 e. The molecule has 1 heterocycles. The number of amides is 1. The van der Waals surface area contributed by atoms with Gasteiger partial charge in [0.2, 0.25) is 5.91 Å². The summed E-state index contributed by atoms with van der Waals surface area (Å²) >= 11 is 0. The summed E-state index contributed by atoms with van der Waals surface area (Å²) in [6, 6.07) is 0. The molecule has 0 saturated heterocycles. The highest BCUT2D eigenvalue weighted by Gasteiger charge is 2.61. The molecule has 0 spiro atoms. The Bertz CT molecular complexity index is 870. The van der Waals surface area contributed by atoms with Crippen LogP contribution in [0.4, 0.5) is 11.5 Å². The van der Waals surface area contributed by atoms with Gasteiger partial charge in [-0.3, -0.25) is 18.7 Å². The normalized spacial score (nSPS) is 30.8. The van der Waals surface area contributed by atoms with Crippen molar-refractivity contribution in [2.75, 3.05) is 11.1 Å². The van der Waals surface area contributed by atoms with Crippen molar-refractivity contribution in [2.45, 2.75) is 71.9 Å². The Kier molecular flexibility index (Phi) is 4.43. The summed E-state index contributed by atoms with van der Waals surface area (Å²) in [4.78, 5) is 38.9. The molecule has 0 aliphatic heterocycles. The molecular weight excluding hydrogens is 344 g/mol. The Morgan fingerprint density at radius 1 is 1.07 bits per heavy atom. The standard InChI is InChI=1S/C20H30N4O3/c1-3-5-23-16(21)15(17(25)24(6-4-2)19(23)27)22-18(26)20-10-12-7-13(11-20)9-14(20)8-12/h12-14H,3-11,21H2,1-2H3,(H,22,26). The van der Waals surface area contributed by atoms with Crippen molar-refractivity contribution in [3.05, 3.63) is 20.8 Å². The number of anilines is 2. The van der Waals surface area contributed by atoms with Crippen molar-refractivity contribution in [1.82, 2.24) is 9.13 Å². The van der Waals surface area contributed by atoms with Gasteiger partial charge in [-0.15, -0.1) is 0 Å². The monoisotopic (exact) mass is 374 g/mol. The van der Waals surface area contributed by atoms with E-state index in [1.165, 1.54) is 15.6 Å². The van der Waals surface area contributed by atoms with Crippen LogP contribution in [-0.2, 0) is 17.9 Å². The summed E-state index contributed by atoms with van der Waals surface area (Å²) in [7, 11) is 0. The van der Waals surface area contributed by atoms with Crippen LogP contribution in [-0.4, -0.2) is 15.0 Å². The van der Waals surface area contributed by atoms with Crippen LogP contribution in [0, 0.1) is 23.2 Å². The maximum absolute atomic E-state index is 13.3. The average molecular weight is 374 g/mol. The molecule has 27 heavy (non-hydrogen) atoms. The van der Waals surface area contributed by atoms with Crippen LogP contribution in [0.25, 0.3) is 0 Å². The number of nitrogens with two attached hydrogens (primary N) is 1. The largest absolute Gasteiger partial charge is 0.383 e. The third-order valence-corrected chi connectivity index (χ3v) is 7.04. The van der Waals surface area contributed by atoms with Crippen molar-refractivity contribution in [1.29, 1.82) is 0 Å². The first kappa shape index (κ1) is 18.3. The molecule has 1 amide bonds. The van der Waals surface area contributed by atoms with E-state index in [1.54, 1.807) is 0 Å². The van der Waals surface area contributed by atoms with Gasteiger partial charge in [0.05, 0.1) is 5.41 Å². The predicted molar refractivity (Wildman–Crippen MR) is 105 cm³/mol. The lowest BCUT2D eigenvalue weighted by atomic mass is 9.75. The predicted octanol–water partition coefficient (Wildman–Crippen LogP) is 2.18. The molecular formula is C20H30N4O3. The number of nitrogens with one attached hydrogen (secondary N) is 1. The Morgan fingerprint density at radius 3 is 2.26 bits per heavy atom. The molecule has 148 valence electrons. The number of hydrogen-bond donors (Lipinski definition) is 2. The highest BCUT2D eigenvalue weighted by atomic mass is 16.2. The maximum atomic E-state index is 13.3. The third-order valence-electron chi connectivity index (χ3n) is 7.04. The highest BCUT2D eigenvalue weighted by Crippen LogP contribution is 2.65. The van der Waals surface area contributed by atoms with Crippen LogP contribution >= 0.6 is 0 Å². The molecule has 2 atom stereocenters. The van der Waals surface area contributed by atoms with Gasteiger partial charge in [0.25, 0.3) is 5.56 Å². The molecule has 4 aliphatic carbocycles. The van der Waals surface area contributed by atoms with Gasteiger partial charge in [0.1, 0.15) is 11.5 Å². The van der Waals surface area contributed by atoms with E-state index >= 15 is 0 Å². The van der Waals surface area contributed by atoms with Crippen molar-refractivity contribution in [3.8, 4) is 0 Å². The molecule has 2 unspecified atom stereocenters. The lowest BCUT2D eigenvalue weighted by Crippen LogP contribution is -2.45. The van der Waals surface area contributed by atoms with Gasteiger partial charge >= 0.3 is 5.69 Å². The van der Waals surface area contributed by atoms with Crippen LogP contribution in [0.3, 0.4) is 0 Å². The van der Waals surface area contributed by atoms with Crippen molar-refractivity contribution in [3.63, 3.8) is 0 Å². The minimum absolute atomic E-state index is 0.0641. The van der Waals surface area contributed by atoms with E-state index in [4.69, 9.17) is 5.73 Å². The molecule has 3 N–H and O–H groups in total. The van der Waals surface area contributed by atoms with Crippen molar-refractivity contribution in [2.24, 2.45) is 23.2 Å². The Balaban J connectivity index is 1.72. The van der Waals surface area contributed by atoms with Gasteiger partial charge in [0.15, 0.2) is 0 Å². The zero-order chi connectivity index (χ0) is 19.3. The second kappa shape index (κ2) is 6.53. The second-order valence-corrected chi connectivity index (χ2v) is 8.81. The van der Waals surface area contributed by atoms with E-state index in [0.717, 1.165) is 32.1 Å².